The van der Waals surface area contributed by atoms with Gasteiger partial charge in [-0.25, -0.2) is 0 Å². The second-order valence-electron chi connectivity index (χ2n) is 3.26. The van der Waals surface area contributed by atoms with Gasteiger partial charge in [0.2, 0.25) is 5.12 Å². The van der Waals surface area contributed by atoms with E-state index in [2.05, 4.69) is 0 Å². The number of carbonyl (C=O) groups is 2. The lowest BCUT2D eigenvalue weighted by molar-refractivity contribution is 0.109. The molecule has 1 aromatic carbocycles. The molecule has 1 heterocycles. The molecule has 0 unspecified atom stereocenters. The number of hydrogen-bond acceptors (Lipinski definition) is 4. The quantitative estimate of drug-likeness (QED) is 0.602. The van der Waals surface area contributed by atoms with E-state index in [1.807, 2.05) is 0 Å². The fourth-order valence-corrected chi connectivity index (χ4v) is 3.47. The van der Waals surface area contributed by atoms with Gasteiger partial charge in [0.1, 0.15) is 0 Å². The van der Waals surface area contributed by atoms with Gasteiger partial charge in [-0.3, -0.25) is 9.59 Å². The van der Waals surface area contributed by atoms with Crippen molar-refractivity contribution in [2.75, 3.05) is 0 Å². The van der Waals surface area contributed by atoms with E-state index in [0.717, 1.165) is 23.1 Å². The number of carbonyl (C=O) groups excluding carboxylic acids is 2. The Kier molecular flexibility index (Phi) is 4.45. The standard InChI is InChI=1S/C12H6Cl2O2S2/c13-8-2-1-3-9(14)11(8)18-12(16)10-5-4-7(6-15)17-10/h1-6H. The van der Waals surface area contributed by atoms with Gasteiger partial charge in [-0.15, -0.1) is 11.3 Å². The summed E-state index contributed by atoms with van der Waals surface area (Å²) in [6.07, 6.45) is 0.717. The van der Waals surface area contributed by atoms with Crippen LogP contribution in [0.2, 0.25) is 10.0 Å². The van der Waals surface area contributed by atoms with Gasteiger partial charge in [0.25, 0.3) is 0 Å². The lowest BCUT2D eigenvalue weighted by atomic mass is 10.4. The van der Waals surface area contributed by atoms with Crippen LogP contribution in [0.3, 0.4) is 0 Å². The van der Waals surface area contributed by atoms with Crippen LogP contribution in [-0.2, 0) is 0 Å². The molecule has 0 N–H and O–H groups in total. The van der Waals surface area contributed by atoms with Gasteiger partial charge in [-0.05, 0) is 36.0 Å². The van der Waals surface area contributed by atoms with Crippen molar-refractivity contribution in [3.8, 4) is 0 Å². The summed E-state index contributed by atoms with van der Waals surface area (Å²) in [4.78, 5) is 24.1. The second kappa shape index (κ2) is 5.89. The van der Waals surface area contributed by atoms with E-state index < -0.39 is 0 Å². The van der Waals surface area contributed by atoms with Gasteiger partial charge in [0.15, 0.2) is 6.29 Å². The molecule has 0 spiro atoms. The largest absolute Gasteiger partial charge is 0.297 e. The van der Waals surface area contributed by atoms with Gasteiger partial charge >= 0.3 is 0 Å². The van der Waals surface area contributed by atoms with Gasteiger partial charge in [0.05, 0.1) is 24.7 Å². The molecule has 2 rings (SSSR count). The Balaban J connectivity index is 2.23. The van der Waals surface area contributed by atoms with E-state index in [-0.39, 0.29) is 5.12 Å². The normalized spacial score (nSPS) is 10.3. The van der Waals surface area contributed by atoms with Crippen molar-refractivity contribution in [1.82, 2.24) is 0 Å². The molecule has 6 heteroatoms. The first-order valence-electron chi connectivity index (χ1n) is 4.83. The second-order valence-corrected chi connectivity index (χ2v) is 6.17. The molecule has 2 nitrogen and oxygen atoms in total. The predicted molar refractivity (Wildman–Crippen MR) is 76.4 cm³/mol. The van der Waals surface area contributed by atoms with E-state index in [0.29, 0.717) is 31.0 Å². The summed E-state index contributed by atoms with van der Waals surface area (Å²) in [5, 5.41) is 0.698. The van der Waals surface area contributed by atoms with Gasteiger partial charge in [0, 0.05) is 0 Å². The summed E-state index contributed by atoms with van der Waals surface area (Å²) in [7, 11) is 0. The number of thioether (sulfide) groups is 1. The zero-order valence-electron chi connectivity index (χ0n) is 8.85. The molecule has 18 heavy (non-hydrogen) atoms. The highest BCUT2D eigenvalue weighted by Gasteiger charge is 2.15. The van der Waals surface area contributed by atoms with Crippen molar-refractivity contribution >= 4 is 57.7 Å². The maximum atomic E-state index is 12.0. The van der Waals surface area contributed by atoms with Crippen LogP contribution in [0.4, 0.5) is 0 Å². The van der Waals surface area contributed by atoms with E-state index in [1.54, 1.807) is 30.3 Å². The molecule has 0 fully saturated rings. The molecule has 0 aliphatic heterocycles. The van der Waals surface area contributed by atoms with Gasteiger partial charge in [-0.2, -0.15) is 0 Å². The summed E-state index contributed by atoms with van der Waals surface area (Å²) in [5.41, 5.74) is 0. The molecule has 0 aliphatic rings. The summed E-state index contributed by atoms with van der Waals surface area (Å²) in [6, 6.07) is 8.30. The predicted octanol–water partition coefficient (Wildman–Crippen LogP) is 4.80. The molecule has 1 aromatic heterocycles. The van der Waals surface area contributed by atoms with E-state index >= 15 is 0 Å². The first-order chi connectivity index (χ1) is 8.61. The van der Waals surface area contributed by atoms with Crippen LogP contribution < -0.4 is 0 Å². The first-order valence-corrected chi connectivity index (χ1v) is 7.22. The molecular weight excluding hydrogens is 311 g/mol. The minimum Gasteiger partial charge on any atom is -0.297 e. The number of rotatable bonds is 3. The third-order valence-corrected chi connectivity index (χ3v) is 5.10. The van der Waals surface area contributed by atoms with Crippen molar-refractivity contribution in [3.63, 3.8) is 0 Å². The topological polar surface area (TPSA) is 34.1 Å². The van der Waals surface area contributed by atoms with Crippen LogP contribution in [-0.4, -0.2) is 11.4 Å². The number of thiophene rings is 1. The summed E-state index contributed by atoms with van der Waals surface area (Å²) >= 11 is 14.1. The van der Waals surface area contributed by atoms with Crippen molar-refractivity contribution in [1.29, 1.82) is 0 Å². The maximum Gasteiger partial charge on any atom is 0.234 e. The van der Waals surface area contributed by atoms with Crippen molar-refractivity contribution in [3.05, 3.63) is 50.1 Å². The van der Waals surface area contributed by atoms with Crippen LogP contribution in [0.25, 0.3) is 0 Å². The van der Waals surface area contributed by atoms with E-state index in [9.17, 15) is 9.59 Å². The monoisotopic (exact) mass is 316 g/mol. The van der Waals surface area contributed by atoms with Crippen LogP contribution in [0.1, 0.15) is 19.3 Å². The SMILES string of the molecule is O=Cc1ccc(C(=O)Sc2c(Cl)cccc2Cl)s1. The number of halogens is 2. The van der Waals surface area contributed by atoms with Gasteiger partial charge in [-0.1, -0.05) is 29.3 Å². The minimum atomic E-state index is -0.178. The molecule has 0 saturated heterocycles. The van der Waals surface area contributed by atoms with E-state index in [1.165, 1.54) is 0 Å². The third kappa shape index (κ3) is 2.95. The van der Waals surface area contributed by atoms with Crippen LogP contribution >= 0.6 is 46.3 Å². The van der Waals surface area contributed by atoms with E-state index in [4.69, 9.17) is 23.2 Å². The molecule has 0 bridgehead atoms. The Morgan fingerprint density at radius 2 is 1.83 bits per heavy atom. The smallest absolute Gasteiger partial charge is 0.234 e. The Labute approximate surface area is 122 Å². The Morgan fingerprint density at radius 1 is 1.17 bits per heavy atom. The highest BCUT2D eigenvalue weighted by molar-refractivity contribution is 8.14. The van der Waals surface area contributed by atoms with Crippen LogP contribution in [0.15, 0.2) is 35.2 Å². The summed E-state index contributed by atoms with van der Waals surface area (Å²) in [6.45, 7) is 0. The molecule has 92 valence electrons. The highest BCUT2D eigenvalue weighted by atomic mass is 35.5. The maximum absolute atomic E-state index is 12.0. The first kappa shape index (κ1) is 13.6. The number of aldehydes is 1. The molecule has 0 amide bonds. The van der Waals surface area contributed by atoms with Gasteiger partial charge < -0.3 is 0 Å². The molecule has 0 saturated carbocycles. The molecular formula is C12H6Cl2O2S2. The zero-order valence-corrected chi connectivity index (χ0v) is 12.0. The zero-order chi connectivity index (χ0) is 13.1. The highest BCUT2D eigenvalue weighted by Crippen LogP contribution is 2.36. The van der Waals surface area contributed by atoms with Crippen LogP contribution in [0, 0.1) is 0 Å². The number of hydrogen-bond donors (Lipinski definition) is 0. The third-order valence-electron chi connectivity index (χ3n) is 2.06. The lowest BCUT2D eigenvalue weighted by Gasteiger charge is -2.03. The Hall–Kier alpha value is -0.810. The fraction of sp³-hybridized carbons (Fsp3) is 0. The molecule has 0 atom stereocenters. The number of benzene rings is 1. The fourth-order valence-electron chi connectivity index (χ4n) is 1.25. The Morgan fingerprint density at radius 3 is 2.39 bits per heavy atom. The van der Waals surface area contributed by atoms with Crippen LogP contribution in [0.5, 0.6) is 0 Å². The average Bonchev–Trinajstić information content (AvgIpc) is 2.82. The molecule has 0 radical (unpaired) electrons. The van der Waals surface area contributed by atoms with Crippen molar-refractivity contribution < 1.29 is 9.59 Å². The lowest BCUT2D eigenvalue weighted by Crippen LogP contribution is -1.89. The molecule has 0 aliphatic carbocycles. The average molecular weight is 317 g/mol. The van der Waals surface area contributed by atoms with Crippen molar-refractivity contribution in [2.24, 2.45) is 0 Å². The minimum absolute atomic E-state index is 0.178. The van der Waals surface area contributed by atoms with Crippen molar-refractivity contribution in [2.45, 2.75) is 4.90 Å². The Bertz CT molecular complexity index is 588. The summed E-state index contributed by atoms with van der Waals surface area (Å²) in [5.74, 6) is 0. The summed E-state index contributed by atoms with van der Waals surface area (Å²) < 4.78 is 0. The molecule has 2 aromatic rings.